The molecule has 8 aromatic rings. The van der Waals surface area contributed by atoms with Gasteiger partial charge in [-0.05, 0) is 0 Å². The molecule has 24 heteroatoms. The van der Waals surface area contributed by atoms with Crippen LogP contribution in [0.4, 0.5) is 0 Å². The fourth-order valence-corrected chi connectivity index (χ4v) is 20.3. The molecule has 2 atom stereocenters. The van der Waals surface area contributed by atoms with Crippen LogP contribution in [0.15, 0.2) is 234 Å². The van der Waals surface area contributed by atoms with E-state index in [1.165, 1.54) is 9.21 Å². The Balaban J connectivity index is 1.49. The van der Waals surface area contributed by atoms with Crippen molar-refractivity contribution in [2.24, 2.45) is 4.52 Å². The van der Waals surface area contributed by atoms with Gasteiger partial charge in [0.05, 0.1) is 0 Å². The summed E-state index contributed by atoms with van der Waals surface area (Å²) in [6.45, 7) is 0. The summed E-state index contributed by atoms with van der Waals surface area (Å²) in [4.78, 5) is 18.5. The summed E-state index contributed by atoms with van der Waals surface area (Å²) in [6.07, 6.45) is 0. The van der Waals surface area contributed by atoms with Crippen LogP contribution in [0.5, 0.6) is 46.0 Å². The molecule has 1 N–H and O–H groups in total. The second kappa shape index (κ2) is 24.2. The Bertz CT molecular complexity index is 2990. The molecule has 0 saturated carbocycles. The van der Waals surface area contributed by atoms with Crippen LogP contribution in [0, 0.1) is 0 Å². The molecule has 0 radical (unpaired) electrons. The molecule has 1 aliphatic heterocycles. The van der Waals surface area contributed by atoms with Gasteiger partial charge in [0.25, 0.3) is 0 Å². The standard InChI is InChI=1S/C48H34Br8N4O8P4/c49-33-1-17-41(18-2-33)61-59-70(63-43-21-5-35(51)6-22-43)57-69-58-71(64-44-23-7-36(52)8-24-44,65-45-25-9-37(53)10-26-45)60(62-42-19-3-34(50)4-20-42)72(59,66-46-27-11-38(54)12-28-46,67-47-29-13-39(55)14-30-47)68-48-31-15-40(56)16-32-48/h1-32,57,69H. The molecule has 0 fully saturated rings. The molecule has 1 aliphatic rings. The normalized spacial score (nSPS) is 17.1. The number of nitrogens with one attached hydrogen (secondary N) is 1. The van der Waals surface area contributed by atoms with E-state index in [4.69, 9.17) is 41.3 Å². The maximum atomic E-state index is 7.87. The molecule has 0 aliphatic carbocycles. The molecule has 12 nitrogen and oxygen atoms in total. The first-order valence-electron chi connectivity index (χ1n) is 20.9. The third-order valence-corrected chi connectivity index (χ3v) is 24.4. The minimum absolute atomic E-state index is 0.228. The molecule has 2 unspecified atom stereocenters. The Hall–Kier alpha value is -2.60. The number of hydrogen-bond acceptors (Lipinski definition) is 12. The Labute approximate surface area is 486 Å². The van der Waals surface area contributed by atoms with Gasteiger partial charge in [-0.15, -0.1) is 0 Å². The average Bonchev–Trinajstić information content (AvgIpc) is 3.37. The van der Waals surface area contributed by atoms with Gasteiger partial charge in [-0.2, -0.15) is 0 Å². The first-order chi connectivity index (χ1) is 34.7. The van der Waals surface area contributed by atoms with Gasteiger partial charge >= 0.3 is 491 Å². The predicted octanol–water partition coefficient (Wildman–Crippen LogP) is 20.6. The summed E-state index contributed by atoms with van der Waals surface area (Å²) >= 11 is 29.0. The first kappa shape index (κ1) is 54.2. The van der Waals surface area contributed by atoms with Crippen LogP contribution in [0.3, 0.4) is 0 Å². The molecule has 0 aromatic heterocycles. The molecule has 9 rings (SSSR count). The van der Waals surface area contributed by atoms with E-state index in [0.29, 0.717) is 23.0 Å². The van der Waals surface area contributed by atoms with Crippen LogP contribution in [-0.4, -0.2) is 9.21 Å². The van der Waals surface area contributed by atoms with Crippen molar-refractivity contribution in [2.45, 2.75) is 0 Å². The summed E-state index contributed by atoms with van der Waals surface area (Å²) in [6, 6.07) is 57.9. The number of rotatable bonds is 16. The van der Waals surface area contributed by atoms with E-state index in [0.717, 1.165) is 35.8 Å². The topological polar surface area (TPSA) is 105 Å². The van der Waals surface area contributed by atoms with Crippen LogP contribution in [0.1, 0.15) is 0 Å². The van der Waals surface area contributed by atoms with E-state index in [-0.39, 0.29) is 23.0 Å². The van der Waals surface area contributed by atoms with E-state index in [2.05, 4.69) is 132 Å². The molecule has 8 aromatic carbocycles. The van der Waals surface area contributed by atoms with Gasteiger partial charge in [-0.25, -0.2) is 0 Å². The Morgan fingerprint density at radius 3 is 0.986 bits per heavy atom. The van der Waals surface area contributed by atoms with Crippen molar-refractivity contribution in [1.29, 1.82) is 0 Å². The van der Waals surface area contributed by atoms with E-state index in [1.807, 2.05) is 109 Å². The zero-order chi connectivity index (χ0) is 50.3. The van der Waals surface area contributed by atoms with Gasteiger partial charge in [0.1, 0.15) is 0 Å². The number of nitrogens with zero attached hydrogens (tertiary/aromatic N) is 3. The van der Waals surface area contributed by atoms with Crippen molar-refractivity contribution in [2.75, 3.05) is 0 Å². The summed E-state index contributed by atoms with van der Waals surface area (Å²) in [5, 5.41) is 0. The second-order valence-electron chi connectivity index (χ2n) is 14.8. The van der Waals surface area contributed by atoms with Gasteiger partial charge in [0.15, 0.2) is 0 Å². The van der Waals surface area contributed by atoms with Gasteiger partial charge in [0.2, 0.25) is 0 Å². The number of benzene rings is 8. The van der Waals surface area contributed by atoms with Crippen LogP contribution in [-0.2, 0) is 0 Å². The number of halogens is 8. The molecule has 72 heavy (non-hydrogen) atoms. The fourth-order valence-electron chi connectivity index (χ4n) is 6.35. The second-order valence-corrected chi connectivity index (χ2v) is 30.3. The van der Waals surface area contributed by atoms with Crippen molar-refractivity contribution < 1.29 is 36.8 Å². The zero-order valence-corrected chi connectivity index (χ0v) is 52.8. The average molecular weight is 1560 g/mol. The van der Waals surface area contributed by atoms with Crippen molar-refractivity contribution in [3.63, 3.8) is 0 Å². The van der Waals surface area contributed by atoms with Gasteiger partial charge in [0, 0.05) is 0 Å². The molecular weight excluding hydrogens is 1520 g/mol. The summed E-state index contributed by atoms with van der Waals surface area (Å²) in [7, 11) is -13.8. The summed E-state index contributed by atoms with van der Waals surface area (Å²) < 4.78 is 60.1. The third kappa shape index (κ3) is 13.1. The molecule has 0 bridgehead atoms. The molecule has 0 amide bonds. The SMILES string of the molecule is Brc1ccc(ON2P(Oc3ccc(Br)cc3)NPN=P(Oc3ccc(Br)cc3)(Oc3ccc(Br)cc3)N(Oc3ccc(Br)cc3)P2(Oc2ccc(Br)cc2)(Oc2ccc(Br)cc2)Oc2ccc(Br)cc2)cc1. The zero-order valence-electron chi connectivity index (χ0n) is 36.4. The van der Waals surface area contributed by atoms with E-state index in [1.54, 1.807) is 84.9 Å². The van der Waals surface area contributed by atoms with Crippen LogP contribution < -0.4 is 41.7 Å². The molecule has 370 valence electrons. The molecule has 0 saturated heterocycles. The maximum absolute atomic E-state index is 7.87. The van der Waals surface area contributed by atoms with Crippen molar-refractivity contribution in [3.8, 4) is 46.0 Å². The van der Waals surface area contributed by atoms with Gasteiger partial charge in [-0.3, -0.25) is 0 Å². The Morgan fingerprint density at radius 2 is 0.653 bits per heavy atom. The van der Waals surface area contributed by atoms with Crippen molar-refractivity contribution in [3.05, 3.63) is 230 Å². The summed E-state index contributed by atoms with van der Waals surface area (Å²) in [5.74, 6) is 2.38. The molecule has 0 spiro atoms. The third-order valence-electron chi connectivity index (χ3n) is 9.57. The number of hydrogen-bond donors (Lipinski definition) is 1. The van der Waals surface area contributed by atoms with Crippen LogP contribution in [0.25, 0.3) is 0 Å². The molecule has 1 heterocycles. The first-order valence-corrected chi connectivity index (χ1v) is 32.8. The molecular formula is C48H34Br8N4O8P4. The van der Waals surface area contributed by atoms with Crippen LogP contribution >= 0.6 is 160 Å². The van der Waals surface area contributed by atoms with E-state index < -0.39 is 32.6 Å². The van der Waals surface area contributed by atoms with E-state index in [9.17, 15) is 0 Å². The minimum atomic E-state index is -6.34. The Morgan fingerprint density at radius 1 is 0.375 bits per heavy atom. The summed E-state index contributed by atoms with van der Waals surface area (Å²) in [5.41, 5.74) is 0. The van der Waals surface area contributed by atoms with Crippen molar-refractivity contribution >= 4 is 160 Å². The Kier molecular flexibility index (Phi) is 18.2. The van der Waals surface area contributed by atoms with Gasteiger partial charge in [-0.1, -0.05) is 0 Å². The van der Waals surface area contributed by atoms with Gasteiger partial charge < -0.3 is 0 Å². The van der Waals surface area contributed by atoms with Crippen LogP contribution in [0.2, 0.25) is 0 Å². The fraction of sp³-hybridized carbons (Fsp3) is 0. The predicted molar refractivity (Wildman–Crippen MR) is 316 cm³/mol. The van der Waals surface area contributed by atoms with Crippen molar-refractivity contribution in [1.82, 2.24) is 14.1 Å². The van der Waals surface area contributed by atoms with E-state index >= 15 is 0 Å². The quantitative estimate of drug-likeness (QED) is 0.0935. The monoisotopic (exact) mass is 1550 g/mol.